The number of piperazine rings is 1. The molecule has 0 unspecified atom stereocenters. The van der Waals surface area contributed by atoms with E-state index in [0.29, 0.717) is 31.7 Å². The van der Waals surface area contributed by atoms with Crippen molar-refractivity contribution in [1.29, 1.82) is 0 Å². The molecule has 7 nitrogen and oxygen atoms in total. The molecule has 0 aliphatic carbocycles. The van der Waals surface area contributed by atoms with Crippen molar-refractivity contribution in [2.45, 2.75) is 6.18 Å². The molecule has 1 aliphatic rings. The third-order valence-corrected chi connectivity index (χ3v) is 6.19. The maximum absolute atomic E-state index is 13.0. The summed E-state index contributed by atoms with van der Waals surface area (Å²) in [7, 11) is 0. The van der Waals surface area contributed by atoms with Gasteiger partial charge in [-0.05, 0) is 35.8 Å². The fourth-order valence-electron chi connectivity index (χ4n) is 3.65. The van der Waals surface area contributed by atoms with Crippen LogP contribution in [-0.4, -0.2) is 51.5 Å². The lowest BCUT2D eigenvalue weighted by molar-refractivity contribution is -0.159. The van der Waals surface area contributed by atoms with Crippen LogP contribution < -0.4 is 4.90 Å². The standard InChI is InChI=1S/C21H16F3N5O2S/c22-21(23,24)20-25-17(26-31-20)13-4-3-5-14(12-13)18(30)28-8-10-29(11-9-28)19-15-6-1-2-7-16(15)27-32-19/h1-7,12H,8-11H2. The third kappa shape index (κ3) is 3.79. The van der Waals surface area contributed by atoms with Crippen molar-refractivity contribution in [3.63, 3.8) is 0 Å². The summed E-state index contributed by atoms with van der Waals surface area (Å²) in [4.78, 5) is 20.3. The molecule has 0 radical (unpaired) electrons. The Kier molecular flexibility index (Phi) is 5.04. The Bertz CT molecular complexity index is 1280. The number of hydrogen-bond acceptors (Lipinski definition) is 7. The number of carbonyl (C=O) groups excluding carboxylic acids is 1. The molecule has 32 heavy (non-hydrogen) atoms. The van der Waals surface area contributed by atoms with Gasteiger partial charge in [0.25, 0.3) is 5.91 Å². The number of carbonyl (C=O) groups is 1. The van der Waals surface area contributed by atoms with Crippen molar-refractivity contribution in [1.82, 2.24) is 19.4 Å². The summed E-state index contributed by atoms with van der Waals surface area (Å²) in [5.41, 5.74) is 1.60. The Morgan fingerprint density at radius 3 is 2.56 bits per heavy atom. The van der Waals surface area contributed by atoms with E-state index in [1.807, 2.05) is 24.3 Å². The SMILES string of the molecule is O=C(c1cccc(-c2noc(C(F)(F)F)n2)c1)N1CCN(c2snc3ccccc23)CC1. The summed E-state index contributed by atoms with van der Waals surface area (Å²) >= 11 is 1.45. The van der Waals surface area contributed by atoms with Crippen molar-refractivity contribution < 1.29 is 22.5 Å². The van der Waals surface area contributed by atoms with Crippen LogP contribution >= 0.6 is 11.5 Å². The average molecular weight is 459 g/mol. The Labute approximate surface area is 184 Å². The van der Waals surface area contributed by atoms with E-state index in [1.165, 1.54) is 23.7 Å². The molecule has 164 valence electrons. The highest BCUT2D eigenvalue weighted by Crippen LogP contribution is 2.32. The van der Waals surface area contributed by atoms with Gasteiger partial charge in [0.05, 0.1) is 5.52 Å². The number of amides is 1. The predicted octanol–water partition coefficient (Wildman–Crippen LogP) is 4.33. The maximum Gasteiger partial charge on any atom is 0.471 e. The smallest absolute Gasteiger partial charge is 0.358 e. The molecular formula is C21H16F3N5O2S. The van der Waals surface area contributed by atoms with Crippen LogP contribution in [0.4, 0.5) is 18.2 Å². The summed E-state index contributed by atoms with van der Waals surface area (Å²) in [6.07, 6.45) is -4.72. The quantitative estimate of drug-likeness (QED) is 0.454. The Morgan fingerprint density at radius 2 is 1.81 bits per heavy atom. The second kappa shape index (κ2) is 7.90. The highest BCUT2D eigenvalue weighted by molar-refractivity contribution is 7.11. The van der Waals surface area contributed by atoms with Gasteiger partial charge in [0.15, 0.2) is 0 Å². The molecule has 2 aromatic heterocycles. The van der Waals surface area contributed by atoms with Crippen LogP contribution in [0.5, 0.6) is 0 Å². The van der Waals surface area contributed by atoms with Crippen molar-refractivity contribution in [2.75, 3.05) is 31.1 Å². The summed E-state index contributed by atoms with van der Waals surface area (Å²) in [6.45, 7) is 2.38. The van der Waals surface area contributed by atoms with Crippen LogP contribution in [0.25, 0.3) is 22.3 Å². The lowest BCUT2D eigenvalue weighted by Gasteiger charge is -2.35. The van der Waals surface area contributed by atoms with Crippen LogP contribution in [0.2, 0.25) is 0 Å². The molecule has 11 heteroatoms. The minimum Gasteiger partial charge on any atom is -0.358 e. The zero-order chi connectivity index (χ0) is 22.3. The summed E-state index contributed by atoms with van der Waals surface area (Å²) in [5, 5.41) is 5.58. The first-order valence-electron chi connectivity index (χ1n) is 9.80. The normalized spacial score (nSPS) is 14.8. The molecule has 0 N–H and O–H groups in total. The van der Waals surface area contributed by atoms with Gasteiger partial charge in [-0.15, -0.1) is 0 Å². The van der Waals surface area contributed by atoms with E-state index in [9.17, 15) is 18.0 Å². The summed E-state index contributed by atoms with van der Waals surface area (Å²) < 4.78 is 46.9. The monoisotopic (exact) mass is 459 g/mol. The lowest BCUT2D eigenvalue weighted by Crippen LogP contribution is -2.48. The van der Waals surface area contributed by atoms with Gasteiger partial charge in [-0.2, -0.15) is 22.5 Å². The Morgan fingerprint density at radius 1 is 1.03 bits per heavy atom. The van der Waals surface area contributed by atoms with E-state index < -0.39 is 12.1 Å². The molecular weight excluding hydrogens is 443 g/mol. The fourth-order valence-corrected chi connectivity index (χ4v) is 4.56. The van der Waals surface area contributed by atoms with Gasteiger partial charge in [0.1, 0.15) is 5.00 Å². The molecule has 1 aliphatic heterocycles. The highest BCUT2D eigenvalue weighted by atomic mass is 32.1. The zero-order valence-electron chi connectivity index (χ0n) is 16.5. The van der Waals surface area contributed by atoms with Gasteiger partial charge in [-0.25, -0.2) is 0 Å². The largest absolute Gasteiger partial charge is 0.471 e. The van der Waals surface area contributed by atoms with E-state index in [4.69, 9.17) is 0 Å². The second-order valence-electron chi connectivity index (χ2n) is 7.29. The molecule has 0 spiro atoms. The number of hydrogen-bond donors (Lipinski definition) is 0. The molecule has 4 aromatic rings. The van der Waals surface area contributed by atoms with E-state index in [1.54, 1.807) is 17.0 Å². The van der Waals surface area contributed by atoms with E-state index in [2.05, 4.69) is 23.9 Å². The maximum atomic E-state index is 13.0. The molecule has 1 fully saturated rings. The van der Waals surface area contributed by atoms with E-state index >= 15 is 0 Å². The first-order chi connectivity index (χ1) is 15.4. The second-order valence-corrected chi connectivity index (χ2v) is 8.04. The molecule has 3 heterocycles. The lowest BCUT2D eigenvalue weighted by atomic mass is 10.1. The molecule has 0 saturated carbocycles. The number of nitrogens with zero attached hydrogens (tertiary/aromatic N) is 5. The first kappa shape index (κ1) is 20.4. The predicted molar refractivity (Wildman–Crippen MR) is 112 cm³/mol. The number of aromatic nitrogens is 3. The van der Waals surface area contributed by atoms with Crippen LogP contribution in [0, 0.1) is 0 Å². The van der Waals surface area contributed by atoms with Crippen molar-refractivity contribution in [3.8, 4) is 11.4 Å². The van der Waals surface area contributed by atoms with Crippen molar-refractivity contribution in [3.05, 3.63) is 60.0 Å². The first-order valence-corrected chi connectivity index (χ1v) is 10.6. The van der Waals surface area contributed by atoms with Gasteiger partial charge in [-0.1, -0.05) is 29.4 Å². The van der Waals surface area contributed by atoms with Crippen LogP contribution in [0.3, 0.4) is 0 Å². The van der Waals surface area contributed by atoms with Gasteiger partial charge in [0, 0.05) is 42.7 Å². The molecule has 0 atom stereocenters. The minimum absolute atomic E-state index is 0.194. The van der Waals surface area contributed by atoms with Gasteiger partial charge in [0.2, 0.25) is 5.82 Å². The van der Waals surface area contributed by atoms with E-state index in [0.717, 1.165) is 15.9 Å². The van der Waals surface area contributed by atoms with E-state index in [-0.39, 0.29) is 17.3 Å². The van der Waals surface area contributed by atoms with Gasteiger partial charge in [-0.3, -0.25) is 4.79 Å². The van der Waals surface area contributed by atoms with Crippen LogP contribution in [0.1, 0.15) is 16.2 Å². The molecule has 2 aromatic carbocycles. The zero-order valence-corrected chi connectivity index (χ0v) is 17.4. The number of anilines is 1. The third-order valence-electron chi connectivity index (χ3n) is 5.26. The average Bonchev–Trinajstić information content (AvgIpc) is 3.47. The highest BCUT2D eigenvalue weighted by Gasteiger charge is 2.38. The molecule has 0 bridgehead atoms. The fraction of sp³-hybridized carbons (Fsp3) is 0.238. The number of fused-ring (bicyclic) bond motifs is 1. The van der Waals surface area contributed by atoms with Gasteiger partial charge >= 0.3 is 12.1 Å². The topological polar surface area (TPSA) is 75.4 Å². The van der Waals surface area contributed by atoms with Crippen LogP contribution in [-0.2, 0) is 6.18 Å². The van der Waals surface area contributed by atoms with Crippen molar-refractivity contribution >= 4 is 33.3 Å². The summed E-state index contributed by atoms with van der Waals surface area (Å²) in [5.74, 6) is -1.83. The molecule has 5 rings (SSSR count). The van der Waals surface area contributed by atoms with Gasteiger partial charge < -0.3 is 14.3 Å². The number of rotatable bonds is 3. The molecule has 1 amide bonds. The number of alkyl halides is 3. The van der Waals surface area contributed by atoms with Crippen molar-refractivity contribution in [2.24, 2.45) is 0 Å². The Hall–Kier alpha value is -3.47. The minimum atomic E-state index is -4.72. The number of benzene rings is 2. The Balaban J connectivity index is 1.29. The molecule has 1 saturated heterocycles. The summed E-state index contributed by atoms with van der Waals surface area (Å²) in [6, 6.07) is 14.2. The number of halogens is 3. The van der Waals surface area contributed by atoms with Crippen LogP contribution in [0.15, 0.2) is 53.1 Å².